The van der Waals surface area contributed by atoms with E-state index in [9.17, 15) is 0 Å². The molecular weight excluding hydrogens is 611 g/mol. The van der Waals surface area contributed by atoms with E-state index in [1.165, 1.54) is 31.5 Å². The van der Waals surface area contributed by atoms with E-state index >= 15 is 0 Å². The molecule has 9 rings (SSSR count). The van der Waals surface area contributed by atoms with E-state index in [1.807, 2.05) is 12.1 Å². The van der Waals surface area contributed by atoms with E-state index in [-0.39, 0.29) is 0 Å². The lowest BCUT2D eigenvalue weighted by atomic mass is 10.1. The van der Waals surface area contributed by atoms with Crippen LogP contribution in [0, 0.1) is 0 Å². The molecule has 0 saturated carbocycles. The van der Waals surface area contributed by atoms with Gasteiger partial charge in [0.15, 0.2) is 8.07 Å². The van der Waals surface area contributed by atoms with Crippen molar-refractivity contribution < 1.29 is 4.42 Å². The normalized spacial score (nSPS) is 11.7. The third kappa shape index (κ3) is 4.95. The maximum absolute atomic E-state index is 6.37. The van der Waals surface area contributed by atoms with Gasteiger partial charge in [0, 0.05) is 33.9 Å². The van der Waals surface area contributed by atoms with Crippen LogP contribution >= 0.6 is 0 Å². The van der Waals surface area contributed by atoms with Crippen LogP contribution in [0.4, 0.5) is 17.1 Å². The predicted octanol–water partition coefficient (Wildman–Crippen LogP) is 9.59. The number of fused-ring (bicyclic) bond motifs is 4. The maximum atomic E-state index is 6.37. The van der Waals surface area contributed by atoms with E-state index in [0.717, 1.165) is 39.0 Å². The van der Waals surface area contributed by atoms with Crippen LogP contribution in [-0.2, 0) is 0 Å². The van der Waals surface area contributed by atoms with Gasteiger partial charge >= 0.3 is 0 Å². The summed E-state index contributed by atoms with van der Waals surface area (Å²) in [7, 11) is -2.64. The molecule has 1 heterocycles. The van der Waals surface area contributed by atoms with Crippen molar-refractivity contribution in [2.45, 2.75) is 0 Å². The van der Waals surface area contributed by atoms with Crippen LogP contribution in [0.3, 0.4) is 0 Å². The highest BCUT2D eigenvalue weighted by atomic mass is 28.3. The Morgan fingerprint density at radius 2 is 0.796 bits per heavy atom. The SMILES string of the molecule is c1ccc([Si](c2ccccc2)(c2ccccc2)c2ccc(N(c3ccc4ccccc4c3)c3ccc4c(c3)oc3ccccc34)cc2)cc1. The average molecular weight is 644 g/mol. The van der Waals surface area contributed by atoms with Crippen molar-refractivity contribution in [1.29, 1.82) is 0 Å². The molecule has 0 radical (unpaired) electrons. The first kappa shape index (κ1) is 29.0. The Labute approximate surface area is 287 Å². The number of hydrogen-bond donors (Lipinski definition) is 0. The lowest BCUT2D eigenvalue weighted by molar-refractivity contribution is 0.669. The van der Waals surface area contributed by atoms with Gasteiger partial charge in [-0.25, -0.2) is 0 Å². The lowest BCUT2D eigenvalue weighted by Gasteiger charge is -2.35. The van der Waals surface area contributed by atoms with E-state index in [2.05, 4.69) is 193 Å². The summed E-state index contributed by atoms with van der Waals surface area (Å²) >= 11 is 0. The van der Waals surface area contributed by atoms with Crippen LogP contribution in [0.25, 0.3) is 32.7 Å². The zero-order valence-corrected chi connectivity index (χ0v) is 27.9. The third-order valence-electron chi connectivity index (χ3n) is 9.79. The van der Waals surface area contributed by atoms with Gasteiger partial charge in [-0.3, -0.25) is 0 Å². The summed E-state index contributed by atoms with van der Waals surface area (Å²) in [5.74, 6) is 0. The van der Waals surface area contributed by atoms with Crippen molar-refractivity contribution >= 4 is 78.6 Å². The molecule has 0 atom stereocenters. The minimum absolute atomic E-state index is 0.879. The second kappa shape index (κ2) is 12.1. The number of anilines is 3. The summed E-state index contributed by atoms with van der Waals surface area (Å²) in [6.07, 6.45) is 0. The maximum Gasteiger partial charge on any atom is 0.179 e. The first-order valence-corrected chi connectivity index (χ1v) is 18.8. The van der Waals surface area contributed by atoms with Crippen molar-refractivity contribution in [2.75, 3.05) is 4.90 Å². The fourth-order valence-electron chi connectivity index (χ4n) is 7.54. The highest BCUT2D eigenvalue weighted by Gasteiger charge is 2.41. The Morgan fingerprint density at radius 1 is 0.327 bits per heavy atom. The standard InChI is InChI=1S/C46H33NOSi/c1-4-16-39(17-5-1)49(40-18-6-2-7-19-40,41-20-8-3-9-21-41)42-29-26-36(27-30-42)47(37-25-24-34-14-10-11-15-35(34)32-37)38-28-31-44-43-22-12-13-23-45(43)48-46(44)33-38/h1-33H. The molecular formula is C46H33NOSi. The molecule has 0 spiro atoms. The van der Waals surface area contributed by atoms with Gasteiger partial charge in [-0.2, -0.15) is 0 Å². The second-order valence-electron chi connectivity index (χ2n) is 12.5. The number of benzene rings is 8. The van der Waals surface area contributed by atoms with Crippen molar-refractivity contribution in [3.63, 3.8) is 0 Å². The quantitative estimate of drug-likeness (QED) is 0.127. The van der Waals surface area contributed by atoms with Gasteiger partial charge in [0.25, 0.3) is 0 Å². The summed E-state index contributed by atoms with van der Waals surface area (Å²) < 4.78 is 6.37. The summed E-state index contributed by atoms with van der Waals surface area (Å²) in [5, 5.41) is 10.1. The average Bonchev–Trinajstić information content (AvgIpc) is 3.55. The Balaban J connectivity index is 1.25. The van der Waals surface area contributed by atoms with Crippen LogP contribution in [0.5, 0.6) is 0 Å². The van der Waals surface area contributed by atoms with Crippen LogP contribution in [0.15, 0.2) is 205 Å². The molecule has 0 amide bonds. The number of hydrogen-bond acceptors (Lipinski definition) is 2. The monoisotopic (exact) mass is 643 g/mol. The third-order valence-corrected chi connectivity index (χ3v) is 14.6. The fourth-order valence-corrected chi connectivity index (χ4v) is 12.3. The molecule has 1 aromatic heterocycles. The van der Waals surface area contributed by atoms with E-state index in [1.54, 1.807) is 0 Å². The number of rotatable bonds is 7. The molecule has 0 saturated heterocycles. The first-order chi connectivity index (χ1) is 24.3. The topological polar surface area (TPSA) is 16.4 Å². The Kier molecular flexibility index (Phi) is 7.18. The molecule has 0 aliphatic heterocycles. The van der Waals surface area contributed by atoms with Crippen molar-refractivity contribution in [1.82, 2.24) is 0 Å². The molecule has 0 aliphatic rings. The second-order valence-corrected chi connectivity index (χ2v) is 16.3. The molecule has 0 fully saturated rings. The van der Waals surface area contributed by atoms with Gasteiger partial charge < -0.3 is 9.32 Å². The molecule has 9 aromatic rings. The van der Waals surface area contributed by atoms with Gasteiger partial charge in [-0.05, 0) is 74.0 Å². The molecule has 232 valence electrons. The smallest absolute Gasteiger partial charge is 0.179 e. The molecule has 2 nitrogen and oxygen atoms in total. The van der Waals surface area contributed by atoms with Gasteiger partial charge in [-0.15, -0.1) is 0 Å². The lowest BCUT2D eigenvalue weighted by Crippen LogP contribution is -2.74. The van der Waals surface area contributed by atoms with Gasteiger partial charge in [0.1, 0.15) is 11.2 Å². The van der Waals surface area contributed by atoms with Crippen molar-refractivity contribution in [3.05, 3.63) is 200 Å². The Hall–Kier alpha value is -6.16. The van der Waals surface area contributed by atoms with E-state index in [0.29, 0.717) is 0 Å². The number of para-hydroxylation sites is 1. The number of nitrogens with zero attached hydrogens (tertiary/aromatic N) is 1. The highest BCUT2D eigenvalue weighted by Crippen LogP contribution is 2.39. The summed E-state index contributed by atoms with van der Waals surface area (Å²) in [4.78, 5) is 2.35. The van der Waals surface area contributed by atoms with E-state index < -0.39 is 8.07 Å². The van der Waals surface area contributed by atoms with Crippen LogP contribution in [0.1, 0.15) is 0 Å². The predicted molar refractivity (Wildman–Crippen MR) is 210 cm³/mol. The summed E-state index contributed by atoms with van der Waals surface area (Å²) in [6, 6.07) is 72.7. The van der Waals surface area contributed by atoms with Crippen LogP contribution < -0.4 is 25.6 Å². The molecule has 0 N–H and O–H groups in total. The highest BCUT2D eigenvalue weighted by molar-refractivity contribution is 7.19. The molecule has 49 heavy (non-hydrogen) atoms. The minimum atomic E-state index is -2.64. The van der Waals surface area contributed by atoms with Gasteiger partial charge in [0.05, 0.1) is 0 Å². The largest absolute Gasteiger partial charge is 0.456 e. The molecule has 0 unspecified atom stereocenters. The fraction of sp³-hybridized carbons (Fsp3) is 0. The molecule has 8 aromatic carbocycles. The van der Waals surface area contributed by atoms with Crippen molar-refractivity contribution in [2.24, 2.45) is 0 Å². The molecule has 3 heteroatoms. The zero-order chi connectivity index (χ0) is 32.6. The minimum Gasteiger partial charge on any atom is -0.456 e. The number of furan rings is 1. The first-order valence-electron chi connectivity index (χ1n) is 16.8. The van der Waals surface area contributed by atoms with Crippen molar-refractivity contribution in [3.8, 4) is 0 Å². The Morgan fingerprint density at radius 3 is 1.45 bits per heavy atom. The van der Waals surface area contributed by atoms with Crippen LogP contribution in [0.2, 0.25) is 0 Å². The van der Waals surface area contributed by atoms with Gasteiger partial charge in [0.2, 0.25) is 0 Å². The van der Waals surface area contributed by atoms with E-state index in [4.69, 9.17) is 4.42 Å². The van der Waals surface area contributed by atoms with Gasteiger partial charge in [-0.1, -0.05) is 152 Å². The van der Waals surface area contributed by atoms with Crippen LogP contribution in [-0.4, -0.2) is 8.07 Å². The summed E-state index contributed by atoms with van der Waals surface area (Å²) in [5.41, 5.74) is 5.02. The molecule has 0 aliphatic carbocycles. The zero-order valence-electron chi connectivity index (χ0n) is 26.9. The Bertz CT molecular complexity index is 2450. The summed E-state index contributed by atoms with van der Waals surface area (Å²) in [6.45, 7) is 0. The molecule has 0 bridgehead atoms.